The summed E-state index contributed by atoms with van der Waals surface area (Å²) in [7, 11) is -3.10. The molecule has 0 saturated heterocycles. The molecule has 7 nitrogen and oxygen atoms in total. The smallest absolute Gasteiger partial charge is 0.222 e. The van der Waals surface area contributed by atoms with Crippen LogP contribution in [0.1, 0.15) is 5.69 Å². The van der Waals surface area contributed by atoms with Crippen LogP contribution < -0.4 is 0 Å². The lowest BCUT2D eigenvalue weighted by molar-refractivity contribution is 0.160. The van der Waals surface area contributed by atoms with Gasteiger partial charge in [-0.25, -0.2) is 15.0 Å². The first kappa shape index (κ1) is 13.1. The van der Waals surface area contributed by atoms with Crippen molar-refractivity contribution in [1.82, 2.24) is 19.5 Å². The van der Waals surface area contributed by atoms with Crippen molar-refractivity contribution in [3.05, 3.63) is 18.3 Å². The summed E-state index contributed by atoms with van der Waals surface area (Å²) in [5, 5.41) is 0. The van der Waals surface area contributed by atoms with Crippen LogP contribution in [0.4, 0.5) is 0 Å². The first-order valence-electron chi connectivity index (χ1n) is 5.47. The van der Waals surface area contributed by atoms with Gasteiger partial charge in [0.05, 0.1) is 18.6 Å². The molecule has 2 heterocycles. The minimum atomic E-state index is -3.10. The third-order valence-corrected chi connectivity index (χ3v) is 3.05. The van der Waals surface area contributed by atoms with E-state index in [0.717, 1.165) is 16.9 Å². The van der Waals surface area contributed by atoms with E-state index < -0.39 is 7.37 Å². The van der Waals surface area contributed by atoms with Crippen molar-refractivity contribution in [2.45, 2.75) is 13.5 Å². The number of rotatable bonds is 5. The van der Waals surface area contributed by atoms with E-state index in [0.29, 0.717) is 13.2 Å². The van der Waals surface area contributed by atoms with E-state index in [-0.39, 0.29) is 6.35 Å². The molecule has 0 radical (unpaired) electrons. The number of nitrogens with zero attached hydrogens (tertiary/aromatic N) is 4. The van der Waals surface area contributed by atoms with Crippen molar-refractivity contribution in [3.8, 4) is 0 Å². The topological polar surface area (TPSA) is 90.1 Å². The van der Waals surface area contributed by atoms with Crippen LogP contribution in [0.3, 0.4) is 0 Å². The van der Waals surface area contributed by atoms with E-state index in [2.05, 4.69) is 15.0 Å². The van der Waals surface area contributed by atoms with Gasteiger partial charge in [-0.1, -0.05) is 0 Å². The standard InChI is InChI=1S/C10H15N4O3P/c1-8-9-10(12-5-11-8)14(6-13-9)3-4-17-7-18(2,15)16/h5-6H,3-4,7H2,1-2H3,(H,15,16). The monoisotopic (exact) mass is 270 g/mol. The van der Waals surface area contributed by atoms with Crippen molar-refractivity contribution in [2.75, 3.05) is 19.6 Å². The van der Waals surface area contributed by atoms with Gasteiger partial charge >= 0.3 is 0 Å². The van der Waals surface area contributed by atoms with Gasteiger partial charge < -0.3 is 14.2 Å². The maximum absolute atomic E-state index is 11.0. The van der Waals surface area contributed by atoms with E-state index in [1.165, 1.54) is 13.0 Å². The Balaban J connectivity index is 2.00. The fourth-order valence-corrected chi connectivity index (χ4v) is 2.03. The van der Waals surface area contributed by atoms with Crippen LogP contribution in [-0.4, -0.2) is 44.0 Å². The summed E-state index contributed by atoms with van der Waals surface area (Å²) in [6.07, 6.45) is 3.03. The van der Waals surface area contributed by atoms with Crippen LogP contribution in [-0.2, 0) is 15.8 Å². The molecule has 2 aromatic rings. The van der Waals surface area contributed by atoms with E-state index in [1.807, 2.05) is 11.5 Å². The van der Waals surface area contributed by atoms with Gasteiger partial charge in [-0.3, -0.25) is 4.57 Å². The highest BCUT2D eigenvalue weighted by Crippen LogP contribution is 2.34. The highest BCUT2D eigenvalue weighted by atomic mass is 31.2. The zero-order chi connectivity index (χ0) is 13.2. The van der Waals surface area contributed by atoms with Gasteiger partial charge in [0.15, 0.2) is 5.65 Å². The molecule has 0 amide bonds. The van der Waals surface area contributed by atoms with E-state index >= 15 is 0 Å². The van der Waals surface area contributed by atoms with Crippen LogP contribution in [0, 0.1) is 6.92 Å². The highest BCUT2D eigenvalue weighted by Gasteiger charge is 2.10. The molecule has 0 fully saturated rings. The van der Waals surface area contributed by atoms with Gasteiger partial charge in [0.2, 0.25) is 7.37 Å². The van der Waals surface area contributed by atoms with Gasteiger partial charge in [0.1, 0.15) is 18.2 Å². The summed E-state index contributed by atoms with van der Waals surface area (Å²) in [6, 6.07) is 0. The second-order valence-corrected chi connectivity index (χ2v) is 6.52. The van der Waals surface area contributed by atoms with Gasteiger partial charge in [-0.2, -0.15) is 0 Å². The van der Waals surface area contributed by atoms with E-state index in [1.54, 1.807) is 6.33 Å². The largest absolute Gasteiger partial charge is 0.370 e. The molecule has 0 aliphatic carbocycles. The van der Waals surface area contributed by atoms with Gasteiger partial charge in [0, 0.05) is 13.2 Å². The Morgan fingerprint density at radius 3 is 2.94 bits per heavy atom. The average Bonchev–Trinajstić information content (AvgIpc) is 2.68. The van der Waals surface area contributed by atoms with Crippen LogP contribution in [0.2, 0.25) is 0 Å². The molecule has 0 saturated carbocycles. The minimum absolute atomic E-state index is 0.131. The number of hydrogen-bond acceptors (Lipinski definition) is 5. The van der Waals surface area contributed by atoms with Crippen LogP contribution in [0.15, 0.2) is 12.7 Å². The van der Waals surface area contributed by atoms with Crippen molar-refractivity contribution in [3.63, 3.8) is 0 Å². The molecular weight excluding hydrogens is 255 g/mol. The molecule has 2 aromatic heterocycles. The zero-order valence-electron chi connectivity index (χ0n) is 10.3. The maximum Gasteiger partial charge on any atom is 0.222 e. The molecule has 0 spiro atoms. The number of aromatic nitrogens is 4. The minimum Gasteiger partial charge on any atom is -0.370 e. The van der Waals surface area contributed by atoms with Crippen LogP contribution >= 0.6 is 7.37 Å². The average molecular weight is 270 g/mol. The molecule has 0 aromatic carbocycles. The first-order valence-corrected chi connectivity index (χ1v) is 7.76. The quantitative estimate of drug-likeness (QED) is 0.644. The van der Waals surface area contributed by atoms with E-state index in [9.17, 15) is 4.57 Å². The van der Waals surface area contributed by atoms with Gasteiger partial charge in [0.25, 0.3) is 0 Å². The Bertz CT molecular complexity index is 592. The number of fused-ring (bicyclic) bond motifs is 1. The zero-order valence-corrected chi connectivity index (χ0v) is 11.2. The lowest BCUT2D eigenvalue weighted by Gasteiger charge is -2.07. The second kappa shape index (κ2) is 5.14. The van der Waals surface area contributed by atoms with Crippen molar-refractivity contribution in [2.24, 2.45) is 0 Å². The summed E-state index contributed by atoms with van der Waals surface area (Å²) in [5.41, 5.74) is 2.34. The van der Waals surface area contributed by atoms with Crippen LogP contribution in [0.25, 0.3) is 11.2 Å². The molecule has 8 heteroatoms. The molecular formula is C10H15N4O3P. The normalized spacial score (nSPS) is 14.8. The van der Waals surface area contributed by atoms with Crippen molar-refractivity contribution in [1.29, 1.82) is 0 Å². The van der Waals surface area contributed by atoms with Gasteiger partial charge in [-0.05, 0) is 6.92 Å². The molecule has 0 bridgehead atoms. The Morgan fingerprint density at radius 2 is 2.22 bits per heavy atom. The lowest BCUT2D eigenvalue weighted by atomic mass is 10.4. The van der Waals surface area contributed by atoms with Crippen molar-refractivity contribution < 1.29 is 14.2 Å². The molecule has 0 aliphatic heterocycles. The fraction of sp³-hybridized carbons (Fsp3) is 0.500. The summed E-state index contributed by atoms with van der Waals surface area (Å²) < 4.78 is 18.0. The first-order chi connectivity index (χ1) is 8.47. The summed E-state index contributed by atoms with van der Waals surface area (Å²) >= 11 is 0. The number of aryl methyl sites for hydroxylation is 1. The van der Waals surface area contributed by atoms with Crippen LogP contribution in [0.5, 0.6) is 0 Å². The summed E-state index contributed by atoms with van der Waals surface area (Å²) in [6.45, 7) is 4.02. The SMILES string of the molecule is Cc1ncnc2c1ncn2CCOCP(C)(=O)O. The number of ether oxygens (including phenoxy) is 1. The summed E-state index contributed by atoms with van der Waals surface area (Å²) in [4.78, 5) is 21.5. The van der Waals surface area contributed by atoms with Crippen molar-refractivity contribution >= 4 is 18.5 Å². The highest BCUT2D eigenvalue weighted by molar-refractivity contribution is 7.56. The lowest BCUT2D eigenvalue weighted by Crippen LogP contribution is -2.06. The summed E-state index contributed by atoms with van der Waals surface area (Å²) in [5.74, 6) is 0. The number of imidazole rings is 1. The predicted molar refractivity (Wildman–Crippen MR) is 66.6 cm³/mol. The predicted octanol–water partition coefficient (Wildman–Crippen LogP) is 1.01. The molecule has 1 atom stereocenters. The molecule has 98 valence electrons. The fourth-order valence-electron chi connectivity index (χ4n) is 1.56. The third kappa shape index (κ3) is 3.13. The third-order valence-electron chi connectivity index (χ3n) is 2.39. The Morgan fingerprint density at radius 1 is 1.44 bits per heavy atom. The Hall–Kier alpha value is -1.30. The second-order valence-electron chi connectivity index (χ2n) is 4.16. The Labute approximate surface area is 104 Å². The molecule has 0 aliphatic rings. The molecule has 2 rings (SSSR count). The number of hydrogen-bond donors (Lipinski definition) is 1. The van der Waals surface area contributed by atoms with E-state index in [4.69, 9.17) is 9.63 Å². The van der Waals surface area contributed by atoms with Gasteiger partial charge in [-0.15, -0.1) is 0 Å². The molecule has 1 unspecified atom stereocenters. The maximum atomic E-state index is 11.0. The molecule has 1 N–H and O–H groups in total. The molecule has 18 heavy (non-hydrogen) atoms. The Kier molecular flexibility index (Phi) is 3.75.